The van der Waals surface area contributed by atoms with E-state index in [0.717, 1.165) is 10.8 Å². The number of primary amides is 1. The summed E-state index contributed by atoms with van der Waals surface area (Å²) in [6.45, 7) is 0.249. The standard InChI is InChI=1S/C15H16N2O2/c1-17(2)9-13(18)12-8-7-10-5-3-4-6-11(10)14(12)15(16)19/h3-8H,9H2,1-2H3,(H2,16,19). The number of Topliss-reactive ketones (excluding diaryl/α,β-unsaturated/α-hetero) is 1. The molecule has 4 nitrogen and oxygen atoms in total. The Kier molecular flexibility index (Phi) is 3.62. The number of nitrogens with zero attached hydrogens (tertiary/aromatic N) is 1. The van der Waals surface area contributed by atoms with Gasteiger partial charge >= 0.3 is 0 Å². The van der Waals surface area contributed by atoms with Crippen LogP contribution in [0, 0.1) is 0 Å². The van der Waals surface area contributed by atoms with Gasteiger partial charge in [-0.25, -0.2) is 0 Å². The van der Waals surface area contributed by atoms with Crippen molar-refractivity contribution in [2.75, 3.05) is 20.6 Å². The molecule has 2 rings (SSSR count). The first-order chi connectivity index (χ1) is 9.00. The Labute approximate surface area is 111 Å². The Balaban J connectivity index is 2.64. The van der Waals surface area contributed by atoms with E-state index in [0.29, 0.717) is 11.1 Å². The van der Waals surface area contributed by atoms with Crippen molar-refractivity contribution in [1.82, 2.24) is 4.90 Å². The Morgan fingerprint density at radius 1 is 1.11 bits per heavy atom. The molecule has 0 spiro atoms. The number of hydrogen-bond acceptors (Lipinski definition) is 3. The number of rotatable bonds is 4. The molecule has 98 valence electrons. The molecule has 19 heavy (non-hydrogen) atoms. The van der Waals surface area contributed by atoms with E-state index >= 15 is 0 Å². The van der Waals surface area contributed by atoms with Gasteiger partial charge < -0.3 is 10.6 Å². The summed E-state index contributed by atoms with van der Waals surface area (Å²) >= 11 is 0. The van der Waals surface area contributed by atoms with Gasteiger partial charge in [-0.1, -0.05) is 30.3 Å². The summed E-state index contributed by atoms with van der Waals surface area (Å²) in [7, 11) is 3.62. The van der Waals surface area contributed by atoms with E-state index in [1.54, 1.807) is 11.0 Å². The highest BCUT2D eigenvalue weighted by Crippen LogP contribution is 2.22. The third-order valence-electron chi connectivity index (χ3n) is 2.94. The van der Waals surface area contributed by atoms with Crippen LogP contribution in [0.2, 0.25) is 0 Å². The summed E-state index contributed by atoms with van der Waals surface area (Å²) in [5.74, 6) is -0.677. The van der Waals surface area contributed by atoms with Gasteiger partial charge in [0.2, 0.25) is 5.91 Å². The van der Waals surface area contributed by atoms with Crippen LogP contribution in [0.3, 0.4) is 0 Å². The molecule has 0 bridgehead atoms. The Hall–Kier alpha value is -2.20. The second-order valence-corrected chi connectivity index (χ2v) is 4.73. The van der Waals surface area contributed by atoms with Crippen LogP contribution in [0.1, 0.15) is 20.7 Å². The lowest BCUT2D eigenvalue weighted by atomic mass is 9.96. The van der Waals surface area contributed by atoms with E-state index in [2.05, 4.69) is 0 Å². The van der Waals surface area contributed by atoms with Gasteiger partial charge in [0.15, 0.2) is 5.78 Å². The number of fused-ring (bicyclic) bond motifs is 1. The summed E-state index contributed by atoms with van der Waals surface area (Å²) in [4.78, 5) is 25.6. The molecule has 0 aliphatic heterocycles. The third-order valence-corrected chi connectivity index (χ3v) is 2.94. The molecule has 2 N–H and O–H groups in total. The van der Waals surface area contributed by atoms with Crippen molar-refractivity contribution in [3.8, 4) is 0 Å². The number of nitrogens with two attached hydrogens (primary N) is 1. The SMILES string of the molecule is CN(C)CC(=O)c1ccc2ccccc2c1C(N)=O. The van der Waals surface area contributed by atoms with Gasteiger partial charge in [-0.3, -0.25) is 9.59 Å². The topological polar surface area (TPSA) is 63.4 Å². The number of benzene rings is 2. The average molecular weight is 256 g/mol. The van der Waals surface area contributed by atoms with Crippen molar-refractivity contribution in [3.63, 3.8) is 0 Å². The second-order valence-electron chi connectivity index (χ2n) is 4.73. The fourth-order valence-electron chi connectivity index (χ4n) is 2.14. The highest BCUT2D eigenvalue weighted by Gasteiger charge is 2.18. The lowest BCUT2D eigenvalue weighted by Gasteiger charge is -2.12. The molecular formula is C15H16N2O2. The maximum Gasteiger partial charge on any atom is 0.250 e. The van der Waals surface area contributed by atoms with E-state index in [1.165, 1.54) is 0 Å². The van der Waals surface area contributed by atoms with Crippen LogP contribution in [0.25, 0.3) is 10.8 Å². The molecule has 0 saturated heterocycles. The van der Waals surface area contributed by atoms with E-state index in [9.17, 15) is 9.59 Å². The van der Waals surface area contributed by atoms with Crippen molar-refractivity contribution in [2.24, 2.45) is 5.73 Å². The van der Waals surface area contributed by atoms with Gasteiger partial charge in [0, 0.05) is 5.56 Å². The van der Waals surface area contributed by atoms with Crippen molar-refractivity contribution in [3.05, 3.63) is 47.5 Å². The first-order valence-electron chi connectivity index (χ1n) is 6.00. The normalized spacial score (nSPS) is 10.9. The fourth-order valence-corrected chi connectivity index (χ4v) is 2.14. The van der Waals surface area contributed by atoms with Crippen LogP contribution >= 0.6 is 0 Å². The van der Waals surface area contributed by atoms with Gasteiger partial charge in [0.05, 0.1) is 12.1 Å². The molecule has 0 aromatic heterocycles. The molecule has 0 atom stereocenters. The van der Waals surface area contributed by atoms with Crippen LogP contribution in [0.4, 0.5) is 0 Å². The Morgan fingerprint density at radius 2 is 1.79 bits per heavy atom. The quantitative estimate of drug-likeness (QED) is 0.846. The summed E-state index contributed by atoms with van der Waals surface area (Å²) < 4.78 is 0. The van der Waals surface area contributed by atoms with Crippen molar-refractivity contribution in [2.45, 2.75) is 0 Å². The van der Waals surface area contributed by atoms with Crippen molar-refractivity contribution < 1.29 is 9.59 Å². The molecule has 2 aromatic carbocycles. The summed E-state index contributed by atoms with van der Waals surface area (Å²) in [5.41, 5.74) is 6.14. The van der Waals surface area contributed by atoms with E-state index in [-0.39, 0.29) is 12.3 Å². The van der Waals surface area contributed by atoms with E-state index < -0.39 is 5.91 Å². The number of carbonyl (C=O) groups excluding carboxylic acids is 2. The summed E-state index contributed by atoms with van der Waals surface area (Å²) in [6.07, 6.45) is 0. The zero-order valence-electron chi connectivity index (χ0n) is 11.0. The molecule has 0 aliphatic rings. The lowest BCUT2D eigenvalue weighted by molar-refractivity contribution is 0.0940. The highest BCUT2D eigenvalue weighted by molar-refractivity contribution is 6.15. The largest absolute Gasteiger partial charge is 0.366 e. The van der Waals surface area contributed by atoms with Crippen LogP contribution in [-0.2, 0) is 0 Å². The van der Waals surface area contributed by atoms with Gasteiger partial charge in [-0.2, -0.15) is 0 Å². The second kappa shape index (κ2) is 5.20. The average Bonchev–Trinajstić information content (AvgIpc) is 2.36. The molecule has 4 heteroatoms. The number of likely N-dealkylation sites (N-methyl/N-ethyl adjacent to an activating group) is 1. The smallest absolute Gasteiger partial charge is 0.250 e. The zero-order valence-corrected chi connectivity index (χ0v) is 11.0. The van der Waals surface area contributed by atoms with Crippen LogP contribution in [0.15, 0.2) is 36.4 Å². The van der Waals surface area contributed by atoms with E-state index in [1.807, 2.05) is 44.4 Å². The fraction of sp³-hybridized carbons (Fsp3) is 0.200. The van der Waals surface area contributed by atoms with Gasteiger partial charge in [-0.15, -0.1) is 0 Å². The minimum absolute atomic E-state index is 0.107. The van der Waals surface area contributed by atoms with Gasteiger partial charge in [0.1, 0.15) is 0 Å². The van der Waals surface area contributed by atoms with E-state index in [4.69, 9.17) is 5.73 Å². The predicted octanol–water partition coefficient (Wildman–Crippen LogP) is 1.68. The van der Waals surface area contributed by atoms with Crippen molar-refractivity contribution in [1.29, 1.82) is 0 Å². The van der Waals surface area contributed by atoms with Gasteiger partial charge in [0.25, 0.3) is 0 Å². The molecule has 0 aliphatic carbocycles. The molecule has 1 amide bonds. The third kappa shape index (κ3) is 2.63. The Morgan fingerprint density at radius 3 is 2.42 bits per heavy atom. The molecule has 0 saturated carbocycles. The zero-order chi connectivity index (χ0) is 14.0. The number of hydrogen-bond donors (Lipinski definition) is 1. The monoisotopic (exact) mass is 256 g/mol. The van der Waals surface area contributed by atoms with Crippen LogP contribution in [0.5, 0.6) is 0 Å². The molecule has 0 unspecified atom stereocenters. The molecular weight excluding hydrogens is 240 g/mol. The minimum Gasteiger partial charge on any atom is -0.366 e. The maximum absolute atomic E-state index is 12.2. The predicted molar refractivity (Wildman–Crippen MR) is 75.4 cm³/mol. The number of ketones is 1. The van der Waals surface area contributed by atoms with Crippen molar-refractivity contribution >= 4 is 22.5 Å². The summed E-state index contributed by atoms with van der Waals surface area (Å²) in [6, 6.07) is 10.9. The number of amides is 1. The first-order valence-corrected chi connectivity index (χ1v) is 6.00. The Bertz CT molecular complexity index is 648. The molecule has 2 aromatic rings. The maximum atomic E-state index is 12.2. The lowest BCUT2D eigenvalue weighted by Crippen LogP contribution is -2.25. The summed E-state index contributed by atoms with van der Waals surface area (Å²) in [5, 5.41) is 1.62. The van der Waals surface area contributed by atoms with Crippen LogP contribution < -0.4 is 5.73 Å². The first kappa shape index (κ1) is 13.2. The molecule has 0 fully saturated rings. The van der Waals surface area contributed by atoms with Crippen LogP contribution in [-0.4, -0.2) is 37.2 Å². The molecule has 0 heterocycles. The highest BCUT2D eigenvalue weighted by atomic mass is 16.1. The minimum atomic E-state index is -0.570. The van der Waals surface area contributed by atoms with Gasteiger partial charge in [-0.05, 0) is 30.9 Å². The number of carbonyl (C=O) groups is 2. The molecule has 0 radical (unpaired) electrons.